The molecule has 4 heteroatoms. The summed E-state index contributed by atoms with van der Waals surface area (Å²) in [6, 6.07) is 5.44. The van der Waals surface area contributed by atoms with Gasteiger partial charge in [0.2, 0.25) is 0 Å². The lowest BCUT2D eigenvalue weighted by Crippen LogP contribution is -2.53. The van der Waals surface area contributed by atoms with Gasteiger partial charge in [-0.2, -0.15) is 0 Å². The summed E-state index contributed by atoms with van der Waals surface area (Å²) in [7, 11) is 0. The quantitative estimate of drug-likeness (QED) is 0.844. The van der Waals surface area contributed by atoms with Crippen molar-refractivity contribution in [3.05, 3.63) is 23.8 Å². The molecule has 0 spiro atoms. The Morgan fingerprint density at radius 3 is 2.67 bits per heavy atom. The Balaban J connectivity index is 2.31. The van der Waals surface area contributed by atoms with Gasteiger partial charge in [0.05, 0.1) is 24.9 Å². The van der Waals surface area contributed by atoms with Crippen LogP contribution in [0.25, 0.3) is 0 Å². The number of aliphatic hydroxyl groups is 1. The maximum absolute atomic E-state index is 9.94. The Morgan fingerprint density at radius 2 is 2.11 bits per heavy atom. The number of phenols is 1. The first kappa shape index (κ1) is 13.2. The van der Waals surface area contributed by atoms with Crippen LogP contribution < -0.4 is 4.90 Å². The summed E-state index contributed by atoms with van der Waals surface area (Å²) in [6.07, 6.45) is -0.656. The summed E-state index contributed by atoms with van der Waals surface area (Å²) in [4.78, 5) is 2.22. The summed E-state index contributed by atoms with van der Waals surface area (Å²) < 4.78 is 5.48. The average Bonchev–Trinajstić information content (AvgIpc) is 2.27. The predicted molar refractivity (Wildman–Crippen MR) is 71.0 cm³/mol. The van der Waals surface area contributed by atoms with Gasteiger partial charge in [0.1, 0.15) is 5.75 Å². The number of nitrogens with zero attached hydrogens (tertiary/aromatic N) is 1. The van der Waals surface area contributed by atoms with E-state index < -0.39 is 6.10 Å². The lowest BCUT2D eigenvalue weighted by Gasteiger charge is -2.44. The monoisotopic (exact) mass is 251 g/mol. The molecule has 0 saturated carbocycles. The van der Waals surface area contributed by atoms with E-state index in [1.54, 1.807) is 19.1 Å². The zero-order chi connectivity index (χ0) is 13.3. The van der Waals surface area contributed by atoms with Gasteiger partial charge in [-0.3, -0.25) is 0 Å². The van der Waals surface area contributed by atoms with E-state index in [0.29, 0.717) is 18.8 Å². The molecule has 2 rings (SSSR count). The van der Waals surface area contributed by atoms with Crippen LogP contribution in [-0.4, -0.2) is 35.5 Å². The van der Waals surface area contributed by atoms with Crippen molar-refractivity contribution in [1.82, 2.24) is 0 Å². The third kappa shape index (κ3) is 2.44. The molecule has 1 heterocycles. The van der Waals surface area contributed by atoms with E-state index in [4.69, 9.17) is 4.74 Å². The molecule has 1 fully saturated rings. The zero-order valence-electron chi connectivity index (χ0n) is 11.2. The lowest BCUT2D eigenvalue weighted by atomic mass is 10.0. The van der Waals surface area contributed by atoms with Gasteiger partial charge in [-0.1, -0.05) is 6.07 Å². The van der Waals surface area contributed by atoms with Crippen LogP contribution in [-0.2, 0) is 4.74 Å². The first-order valence-corrected chi connectivity index (χ1v) is 6.28. The fourth-order valence-corrected chi connectivity index (χ4v) is 2.39. The molecular weight excluding hydrogens is 230 g/mol. The Labute approximate surface area is 108 Å². The van der Waals surface area contributed by atoms with Gasteiger partial charge in [-0.15, -0.1) is 0 Å². The van der Waals surface area contributed by atoms with Crippen molar-refractivity contribution >= 4 is 5.69 Å². The molecule has 1 atom stereocenters. The fraction of sp³-hybridized carbons (Fsp3) is 0.571. The van der Waals surface area contributed by atoms with E-state index in [9.17, 15) is 10.2 Å². The summed E-state index contributed by atoms with van der Waals surface area (Å²) >= 11 is 0. The number of hydrogen-bond donors (Lipinski definition) is 2. The van der Waals surface area contributed by atoms with Crippen molar-refractivity contribution in [2.24, 2.45) is 0 Å². The van der Waals surface area contributed by atoms with E-state index in [2.05, 4.69) is 18.7 Å². The number of phenolic OH excluding ortho intramolecular Hbond substituents is 1. The second-order valence-electron chi connectivity index (χ2n) is 5.44. The first-order valence-electron chi connectivity index (χ1n) is 6.28. The maximum atomic E-state index is 9.94. The van der Waals surface area contributed by atoms with E-state index in [1.165, 1.54) is 0 Å². The molecule has 0 aromatic heterocycles. The third-order valence-electron chi connectivity index (χ3n) is 3.42. The van der Waals surface area contributed by atoms with Crippen molar-refractivity contribution in [2.45, 2.75) is 32.4 Å². The van der Waals surface area contributed by atoms with Gasteiger partial charge >= 0.3 is 0 Å². The molecule has 0 radical (unpaired) electrons. The molecule has 1 saturated heterocycles. The highest BCUT2D eigenvalue weighted by atomic mass is 16.5. The number of aliphatic hydroxyl groups excluding tert-OH is 1. The van der Waals surface area contributed by atoms with Crippen molar-refractivity contribution in [1.29, 1.82) is 0 Å². The molecule has 0 bridgehead atoms. The van der Waals surface area contributed by atoms with Gasteiger partial charge in [0.15, 0.2) is 0 Å². The normalized spacial score (nSPS) is 20.8. The molecule has 0 amide bonds. The van der Waals surface area contributed by atoms with Gasteiger partial charge in [-0.05, 0) is 26.8 Å². The SMILES string of the molecule is CC(O)c1ccc(N2CCOCC2(C)C)cc1O. The van der Waals surface area contributed by atoms with Crippen LogP contribution in [0.4, 0.5) is 5.69 Å². The zero-order valence-corrected chi connectivity index (χ0v) is 11.2. The molecule has 1 aromatic carbocycles. The first-order chi connectivity index (χ1) is 8.42. The molecule has 1 aromatic rings. The van der Waals surface area contributed by atoms with Crippen LogP contribution in [0.1, 0.15) is 32.4 Å². The summed E-state index contributed by atoms with van der Waals surface area (Å²) in [6.45, 7) is 8.06. The summed E-state index contributed by atoms with van der Waals surface area (Å²) in [5.74, 6) is 0.143. The maximum Gasteiger partial charge on any atom is 0.123 e. The summed E-state index contributed by atoms with van der Waals surface area (Å²) in [5, 5.41) is 19.5. The number of benzene rings is 1. The number of aromatic hydroxyl groups is 1. The Hall–Kier alpha value is -1.26. The van der Waals surface area contributed by atoms with Crippen molar-refractivity contribution in [2.75, 3.05) is 24.7 Å². The van der Waals surface area contributed by atoms with E-state index in [0.717, 1.165) is 12.2 Å². The van der Waals surface area contributed by atoms with Crippen LogP contribution in [0.3, 0.4) is 0 Å². The Kier molecular flexibility index (Phi) is 3.50. The predicted octanol–water partition coefficient (Wildman–Crippen LogP) is 2.06. The minimum Gasteiger partial charge on any atom is -0.507 e. The molecule has 2 N–H and O–H groups in total. The van der Waals surface area contributed by atoms with Crippen LogP contribution in [0.5, 0.6) is 5.75 Å². The van der Waals surface area contributed by atoms with Crippen LogP contribution in [0.2, 0.25) is 0 Å². The molecule has 18 heavy (non-hydrogen) atoms. The second kappa shape index (κ2) is 4.78. The van der Waals surface area contributed by atoms with Gasteiger partial charge in [0, 0.05) is 23.9 Å². The fourth-order valence-electron chi connectivity index (χ4n) is 2.39. The van der Waals surface area contributed by atoms with Crippen molar-refractivity contribution < 1.29 is 14.9 Å². The van der Waals surface area contributed by atoms with Crippen molar-refractivity contribution in [3.63, 3.8) is 0 Å². The van der Waals surface area contributed by atoms with Gasteiger partial charge in [-0.25, -0.2) is 0 Å². The Bertz CT molecular complexity index is 429. The topological polar surface area (TPSA) is 52.9 Å². The minimum absolute atomic E-state index is 0.0863. The average molecular weight is 251 g/mol. The minimum atomic E-state index is -0.656. The highest BCUT2D eigenvalue weighted by Gasteiger charge is 2.31. The molecule has 100 valence electrons. The lowest BCUT2D eigenvalue weighted by molar-refractivity contribution is 0.0644. The van der Waals surface area contributed by atoms with Gasteiger partial charge < -0.3 is 19.8 Å². The van der Waals surface area contributed by atoms with Crippen LogP contribution in [0, 0.1) is 0 Å². The van der Waals surface area contributed by atoms with Gasteiger partial charge in [0.25, 0.3) is 0 Å². The summed E-state index contributed by atoms with van der Waals surface area (Å²) in [5.41, 5.74) is 1.44. The highest BCUT2D eigenvalue weighted by Crippen LogP contribution is 2.33. The molecule has 1 aliphatic heterocycles. The largest absolute Gasteiger partial charge is 0.507 e. The van der Waals surface area contributed by atoms with Crippen molar-refractivity contribution in [3.8, 4) is 5.75 Å². The Morgan fingerprint density at radius 1 is 1.39 bits per heavy atom. The smallest absolute Gasteiger partial charge is 0.123 e. The highest BCUT2D eigenvalue weighted by molar-refractivity contribution is 5.55. The number of anilines is 1. The standard InChI is InChI=1S/C14H21NO3/c1-10(16)12-5-4-11(8-13(12)17)15-6-7-18-9-14(15,2)3/h4-5,8,10,16-17H,6-7,9H2,1-3H3. The molecular formula is C14H21NO3. The van der Waals surface area contributed by atoms with E-state index >= 15 is 0 Å². The number of rotatable bonds is 2. The molecule has 1 unspecified atom stereocenters. The third-order valence-corrected chi connectivity index (χ3v) is 3.42. The van der Waals surface area contributed by atoms with Crippen LogP contribution >= 0.6 is 0 Å². The molecule has 4 nitrogen and oxygen atoms in total. The number of ether oxygens (including phenoxy) is 1. The second-order valence-corrected chi connectivity index (χ2v) is 5.44. The number of hydrogen-bond acceptors (Lipinski definition) is 4. The number of morpholine rings is 1. The molecule has 1 aliphatic rings. The van der Waals surface area contributed by atoms with Crippen LogP contribution in [0.15, 0.2) is 18.2 Å². The van der Waals surface area contributed by atoms with E-state index in [-0.39, 0.29) is 11.3 Å². The molecule has 0 aliphatic carbocycles. The van der Waals surface area contributed by atoms with E-state index in [1.807, 2.05) is 6.07 Å².